The van der Waals surface area contributed by atoms with Gasteiger partial charge in [0.15, 0.2) is 0 Å². The van der Waals surface area contributed by atoms with Crippen LogP contribution in [0.3, 0.4) is 0 Å². The molecule has 0 unspecified atom stereocenters. The van der Waals surface area contributed by atoms with Gasteiger partial charge < -0.3 is 14.8 Å². The Morgan fingerprint density at radius 3 is 2.88 bits per heavy atom. The Morgan fingerprint density at radius 1 is 1.38 bits per heavy atom. The molecule has 0 spiro atoms. The molecular formula is C17H19N3O4. The second kappa shape index (κ2) is 7.35. The minimum Gasteiger partial charge on any atom is -0.467 e. The summed E-state index contributed by atoms with van der Waals surface area (Å²) in [6, 6.07) is 6.69. The summed E-state index contributed by atoms with van der Waals surface area (Å²) in [4.78, 5) is 33.1. The minimum atomic E-state index is -0.793. The van der Waals surface area contributed by atoms with E-state index in [-0.39, 0.29) is 18.2 Å². The Labute approximate surface area is 139 Å². The lowest BCUT2D eigenvalue weighted by Crippen LogP contribution is -2.45. The number of amides is 1. The number of fused-ring (bicyclic) bond motifs is 1. The molecule has 7 nitrogen and oxygen atoms in total. The second-order valence-corrected chi connectivity index (χ2v) is 5.70. The van der Waals surface area contributed by atoms with Crippen molar-refractivity contribution in [3.05, 3.63) is 36.2 Å². The summed E-state index contributed by atoms with van der Waals surface area (Å²) >= 11 is 0. The van der Waals surface area contributed by atoms with Crippen molar-refractivity contribution in [2.75, 3.05) is 20.3 Å². The molecule has 1 aromatic heterocycles. The fourth-order valence-electron chi connectivity index (χ4n) is 2.67. The van der Waals surface area contributed by atoms with Gasteiger partial charge in [-0.15, -0.1) is 0 Å². The van der Waals surface area contributed by atoms with Crippen LogP contribution in [0, 0.1) is 5.92 Å². The van der Waals surface area contributed by atoms with Crippen molar-refractivity contribution in [1.29, 1.82) is 0 Å². The number of hydrogen-bond donors (Lipinski definition) is 1. The number of nitrogens with zero attached hydrogens (tertiary/aromatic N) is 2. The quantitative estimate of drug-likeness (QED) is 0.819. The summed E-state index contributed by atoms with van der Waals surface area (Å²) in [5, 5.41) is 2.74. The van der Waals surface area contributed by atoms with Crippen LogP contribution in [-0.2, 0) is 25.5 Å². The molecule has 3 rings (SSSR count). The van der Waals surface area contributed by atoms with Crippen molar-refractivity contribution in [3.8, 4) is 0 Å². The maximum atomic E-state index is 12.2. The van der Waals surface area contributed by atoms with Gasteiger partial charge in [0, 0.05) is 19.2 Å². The molecule has 1 aliphatic heterocycles. The van der Waals surface area contributed by atoms with E-state index in [4.69, 9.17) is 9.47 Å². The first-order chi connectivity index (χ1) is 11.7. The maximum Gasteiger partial charge on any atom is 0.328 e. The minimum absolute atomic E-state index is 0.198. The molecular weight excluding hydrogens is 310 g/mol. The van der Waals surface area contributed by atoms with Crippen molar-refractivity contribution in [1.82, 2.24) is 15.3 Å². The highest BCUT2D eigenvalue weighted by molar-refractivity contribution is 5.86. The van der Waals surface area contributed by atoms with E-state index >= 15 is 0 Å². The predicted molar refractivity (Wildman–Crippen MR) is 86.1 cm³/mol. The van der Waals surface area contributed by atoms with Gasteiger partial charge in [0.1, 0.15) is 6.04 Å². The lowest BCUT2D eigenvalue weighted by molar-refractivity contribution is -0.145. The van der Waals surface area contributed by atoms with Crippen LogP contribution in [0.1, 0.15) is 12.1 Å². The van der Waals surface area contributed by atoms with Gasteiger partial charge in [0.05, 0.1) is 36.4 Å². The zero-order chi connectivity index (χ0) is 16.9. The Bertz CT molecular complexity index is 743. The van der Waals surface area contributed by atoms with Crippen LogP contribution in [0.15, 0.2) is 30.5 Å². The summed E-state index contributed by atoms with van der Waals surface area (Å²) < 4.78 is 10.0. The van der Waals surface area contributed by atoms with Gasteiger partial charge >= 0.3 is 5.97 Å². The number of nitrogens with one attached hydrogen (secondary N) is 1. The lowest BCUT2D eigenvalue weighted by Gasteiger charge is -2.18. The van der Waals surface area contributed by atoms with Gasteiger partial charge in [-0.2, -0.15) is 0 Å². The van der Waals surface area contributed by atoms with Crippen LogP contribution in [0.2, 0.25) is 0 Å². The molecule has 0 bridgehead atoms. The molecule has 7 heteroatoms. The van der Waals surface area contributed by atoms with Crippen LogP contribution in [0.5, 0.6) is 0 Å². The predicted octanol–water partition coefficient (Wildman–Crippen LogP) is 0.867. The van der Waals surface area contributed by atoms with Gasteiger partial charge in [-0.1, -0.05) is 12.1 Å². The smallest absolute Gasteiger partial charge is 0.328 e. The van der Waals surface area contributed by atoms with E-state index < -0.39 is 12.0 Å². The number of rotatable bonds is 5. The lowest BCUT2D eigenvalue weighted by atomic mass is 10.1. The molecule has 0 saturated carbocycles. The molecule has 1 N–H and O–H groups in total. The largest absolute Gasteiger partial charge is 0.467 e. The van der Waals surface area contributed by atoms with Gasteiger partial charge in [0.2, 0.25) is 5.91 Å². The van der Waals surface area contributed by atoms with Crippen LogP contribution in [-0.4, -0.2) is 48.2 Å². The highest BCUT2D eigenvalue weighted by Crippen LogP contribution is 2.14. The van der Waals surface area contributed by atoms with Crippen molar-refractivity contribution in [2.45, 2.75) is 18.9 Å². The van der Waals surface area contributed by atoms with Crippen molar-refractivity contribution in [2.24, 2.45) is 5.92 Å². The molecule has 1 saturated heterocycles. The van der Waals surface area contributed by atoms with Crippen LogP contribution in [0.4, 0.5) is 0 Å². The molecule has 1 aromatic carbocycles. The molecule has 0 radical (unpaired) electrons. The summed E-state index contributed by atoms with van der Waals surface area (Å²) in [6.07, 6.45) is 2.50. The third kappa shape index (κ3) is 3.68. The van der Waals surface area contributed by atoms with Crippen LogP contribution in [0.25, 0.3) is 11.0 Å². The number of carbonyl (C=O) groups is 2. The number of benzene rings is 1. The van der Waals surface area contributed by atoms with E-state index in [1.165, 1.54) is 7.11 Å². The SMILES string of the molecule is COC(=O)[C@@H](Cc1cnc2ccccc2n1)NC(=O)[C@H]1CCOC1. The Morgan fingerprint density at radius 2 is 2.17 bits per heavy atom. The Hall–Kier alpha value is -2.54. The van der Waals surface area contributed by atoms with Crippen LogP contribution < -0.4 is 5.32 Å². The molecule has 2 heterocycles. The van der Waals surface area contributed by atoms with Gasteiger partial charge in [0.25, 0.3) is 0 Å². The fourth-order valence-corrected chi connectivity index (χ4v) is 2.67. The fraction of sp³-hybridized carbons (Fsp3) is 0.412. The van der Waals surface area contributed by atoms with Gasteiger partial charge in [-0.05, 0) is 18.6 Å². The number of carbonyl (C=O) groups excluding carboxylic acids is 2. The average Bonchev–Trinajstić information content (AvgIpc) is 3.15. The molecule has 2 atom stereocenters. The molecule has 1 aliphatic rings. The second-order valence-electron chi connectivity index (χ2n) is 5.70. The van der Waals surface area contributed by atoms with Crippen molar-refractivity contribution >= 4 is 22.9 Å². The van der Waals surface area contributed by atoms with E-state index in [0.717, 1.165) is 11.0 Å². The summed E-state index contributed by atoms with van der Waals surface area (Å²) in [6.45, 7) is 0.951. The first-order valence-corrected chi connectivity index (χ1v) is 7.84. The van der Waals surface area contributed by atoms with Crippen LogP contribution >= 0.6 is 0 Å². The Balaban J connectivity index is 1.75. The number of methoxy groups -OCH3 is 1. The highest BCUT2D eigenvalue weighted by Gasteiger charge is 2.29. The van der Waals surface area contributed by atoms with Gasteiger partial charge in [-0.3, -0.25) is 9.78 Å². The number of ether oxygens (including phenoxy) is 2. The number of esters is 1. The molecule has 1 fully saturated rings. The standard InChI is InChI=1S/C17H19N3O4/c1-23-17(22)15(20-16(21)11-6-7-24-10-11)8-12-9-18-13-4-2-3-5-14(13)19-12/h2-5,9,11,15H,6-8,10H2,1H3,(H,20,21)/t11-,15+/m0/s1. The van der Waals surface area contributed by atoms with E-state index in [0.29, 0.717) is 25.3 Å². The summed E-state index contributed by atoms with van der Waals surface area (Å²) in [7, 11) is 1.30. The molecule has 0 aliphatic carbocycles. The third-order valence-electron chi connectivity index (χ3n) is 4.01. The number of aromatic nitrogens is 2. The zero-order valence-electron chi connectivity index (χ0n) is 13.4. The summed E-state index contributed by atoms with van der Waals surface area (Å²) in [5.74, 6) is -0.922. The number of hydrogen-bond acceptors (Lipinski definition) is 6. The van der Waals surface area contributed by atoms with Crippen molar-refractivity contribution < 1.29 is 19.1 Å². The van der Waals surface area contributed by atoms with E-state index in [1.807, 2.05) is 24.3 Å². The maximum absolute atomic E-state index is 12.2. The van der Waals surface area contributed by atoms with Gasteiger partial charge in [-0.25, -0.2) is 9.78 Å². The summed E-state index contributed by atoms with van der Waals surface area (Å²) in [5.41, 5.74) is 2.14. The van der Waals surface area contributed by atoms with E-state index in [2.05, 4.69) is 15.3 Å². The van der Waals surface area contributed by atoms with E-state index in [9.17, 15) is 9.59 Å². The molecule has 1 amide bonds. The highest BCUT2D eigenvalue weighted by atomic mass is 16.5. The van der Waals surface area contributed by atoms with E-state index in [1.54, 1.807) is 6.20 Å². The molecule has 2 aromatic rings. The number of para-hydroxylation sites is 2. The molecule has 126 valence electrons. The topological polar surface area (TPSA) is 90.4 Å². The first kappa shape index (κ1) is 16.3. The molecule has 24 heavy (non-hydrogen) atoms. The third-order valence-corrected chi connectivity index (χ3v) is 4.01. The Kier molecular flexibility index (Phi) is 5.00. The monoisotopic (exact) mass is 329 g/mol. The normalized spacial score (nSPS) is 18.3. The first-order valence-electron chi connectivity index (χ1n) is 7.84. The van der Waals surface area contributed by atoms with Crippen molar-refractivity contribution in [3.63, 3.8) is 0 Å². The average molecular weight is 329 g/mol. The zero-order valence-corrected chi connectivity index (χ0v) is 13.4.